The minimum Gasteiger partial charge on any atom is -0.417 e. The predicted molar refractivity (Wildman–Crippen MR) is 83.9 cm³/mol. The molecule has 2 heterocycles. The lowest BCUT2D eigenvalue weighted by Gasteiger charge is -2.02. The molecule has 8 heteroatoms. The fourth-order valence-electron chi connectivity index (χ4n) is 2.00. The van der Waals surface area contributed by atoms with Crippen LogP contribution in [-0.4, -0.2) is 21.1 Å². The van der Waals surface area contributed by atoms with Gasteiger partial charge in [-0.05, 0) is 35.4 Å². The van der Waals surface area contributed by atoms with Gasteiger partial charge in [-0.3, -0.25) is 9.78 Å². The zero-order valence-corrected chi connectivity index (χ0v) is 13.1. The monoisotopic (exact) mass is 346 g/mol. The molecule has 1 N–H and O–H groups in total. The first kappa shape index (κ1) is 16.1. The number of halogens is 2. The van der Waals surface area contributed by atoms with Gasteiger partial charge in [0.2, 0.25) is 5.89 Å². The average Bonchev–Trinajstić information content (AvgIpc) is 3.05. The van der Waals surface area contributed by atoms with Crippen LogP contribution in [0.25, 0.3) is 0 Å². The first-order valence-corrected chi connectivity index (χ1v) is 7.43. The van der Waals surface area contributed by atoms with Crippen LogP contribution in [0.2, 0.25) is 5.02 Å². The van der Waals surface area contributed by atoms with Gasteiger partial charge in [-0.25, -0.2) is 4.39 Å². The van der Waals surface area contributed by atoms with Gasteiger partial charge in [0, 0.05) is 24.0 Å². The number of carbonyl (C=O) groups excluding carboxylic acids is 1. The van der Waals surface area contributed by atoms with Gasteiger partial charge < -0.3 is 9.73 Å². The van der Waals surface area contributed by atoms with E-state index in [9.17, 15) is 9.18 Å². The molecule has 6 nitrogen and oxygen atoms in total. The third kappa shape index (κ3) is 3.94. The summed E-state index contributed by atoms with van der Waals surface area (Å²) in [6, 6.07) is 7.60. The third-order valence-electron chi connectivity index (χ3n) is 3.22. The molecule has 24 heavy (non-hydrogen) atoms. The topological polar surface area (TPSA) is 80.9 Å². The Labute approximate surface area is 141 Å². The minimum absolute atomic E-state index is 0.141. The highest BCUT2D eigenvalue weighted by atomic mass is 35.5. The molecule has 0 radical (unpaired) electrons. The van der Waals surface area contributed by atoms with Crippen LogP contribution in [-0.2, 0) is 13.0 Å². The maximum Gasteiger partial charge on any atom is 0.309 e. The third-order valence-corrected chi connectivity index (χ3v) is 3.57. The summed E-state index contributed by atoms with van der Waals surface area (Å²) in [6.45, 7) is 0.322. The van der Waals surface area contributed by atoms with Crippen LogP contribution in [0.15, 0.2) is 47.1 Å². The molecule has 1 amide bonds. The van der Waals surface area contributed by atoms with Crippen molar-refractivity contribution in [3.63, 3.8) is 0 Å². The highest BCUT2D eigenvalue weighted by molar-refractivity contribution is 6.31. The fourth-order valence-corrected chi connectivity index (χ4v) is 2.24. The largest absolute Gasteiger partial charge is 0.417 e. The summed E-state index contributed by atoms with van der Waals surface area (Å²) < 4.78 is 18.4. The molecule has 0 atom stereocenters. The molecule has 1 aromatic carbocycles. The number of aromatic nitrogens is 3. The van der Waals surface area contributed by atoms with Gasteiger partial charge in [0.05, 0.1) is 6.42 Å². The highest BCUT2D eigenvalue weighted by Crippen LogP contribution is 2.20. The molecule has 0 saturated carbocycles. The predicted octanol–water partition coefficient (Wildman–Crippen LogP) is 2.78. The quantitative estimate of drug-likeness (QED) is 0.768. The fraction of sp³-hybridized carbons (Fsp3) is 0.125. The molecule has 0 fully saturated rings. The lowest BCUT2D eigenvalue weighted by atomic mass is 10.1. The Balaban J connectivity index is 1.63. The first-order chi connectivity index (χ1) is 11.6. The number of benzene rings is 1. The van der Waals surface area contributed by atoms with Crippen LogP contribution in [0, 0.1) is 5.82 Å². The Bertz CT molecular complexity index is 854. The van der Waals surface area contributed by atoms with E-state index >= 15 is 0 Å². The Hall–Kier alpha value is -2.80. The number of carbonyl (C=O) groups is 1. The van der Waals surface area contributed by atoms with E-state index in [-0.39, 0.29) is 23.2 Å². The number of rotatable bonds is 5. The van der Waals surface area contributed by atoms with Gasteiger partial charge in [-0.2, -0.15) is 0 Å². The Morgan fingerprint density at radius 1 is 1.21 bits per heavy atom. The van der Waals surface area contributed by atoms with Crippen LogP contribution in [0.1, 0.15) is 27.7 Å². The summed E-state index contributed by atoms with van der Waals surface area (Å²) in [5, 5.41) is 10.5. The molecule has 122 valence electrons. The molecule has 0 bridgehead atoms. The molecular weight excluding hydrogens is 335 g/mol. The summed E-state index contributed by atoms with van der Waals surface area (Å²) in [4.78, 5) is 15.9. The zero-order valence-electron chi connectivity index (χ0n) is 12.4. The van der Waals surface area contributed by atoms with Gasteiger partial charge in [-0.15, -0.1) is 10.2 Å². The molecule has 0 aliphatic carbocycles. The van der Waals surface area contributed by atoms with Gasteiger partial charge in [0.15, 0.2) is 0 Å². The van der Waals surface area contributed by atoms with Crippen LogP contribution < -0.4 is 5.32 Å². The molecule has 2 aromatic heterocycles. The summed E-state index contributed by atoms with van der Waals surface area (Å²) in [5.41, 5.74) is 1.53. The second-order valence-electron chi connectivity index (χ2n) is 4.95. The number of hydrogen-bond donors (Lipinski definition) is 1. The first-order valence-electron chi connectivity index (χ1n) is 7.05. The van der Waals surface area contributed by atoms with Crippen molar-refractivity contribution >= 4 is 17.5 Å². The summed E-state index contributed by atoms with van der Waals surface area (Å²) in [6.07, 6.45) is 3.49. The van der Waals surface area contributed by atoms with Crippen LogP contribution >= 0.6 is 11.6 Å². The molecule has 0 unspecified atom stereocenters. The molecule has 3 aromatic rings. The molecule has 0 spiro atoms. The maximum absolute atomic E-state index is 13.0. The van der Waals surface area contributed by atoms with E-state index < -0.39 is 11.7 Å². The molecule has 0 saturated heterocycles. The molecular formula is C16H12ClFN4O2. The SMILES string of the molecule is O=C(NCc1ccncc1)c1nnc(Cc2ccc(F)cc2Cl)o1. The van der Waals surface area contributed by atoms with E-state index in [1.807, 2.05) is 0 Å². The number of nitrogens with zero attached hydrogens (tertiary/aromatic N) is 3. The molecule has 3 rings (SSSR count). The molecule has 0 aliphatic rings. The lowest BCUT2D eigenvalue weighted by molar-refractivity contribution is 0.0914. The average molecular weight is 347 g/mol. The maximum atomic E-state index is 13.0. The second kappa shape index (κ2) is 7.18. The minimum atomic E-state index is -0.476. The number of hydrogen-bond acceptors (Lipinski definition) is 5. The van der Waals surface area contributed by atoms with Crippen LogP contribution in [0.4, 0.5) is 4.39 Å². The summed E-state index contributed by atoms with van der Waals surface area (Å²) in [7, 11) is 0. The van der Waals surface area contributed by atoms with Crippen molar-refractivity contribution in [2.24, 2.45) is 0 Å². The van der Waals surface area contributed by atoms with Crippen molar-refractivity contribution in [1.29, 1.82) is 0 Å². The molecule has 0 aliphatic heterocycles. The standard InChI is InChI=1S/C16H12ClFN4O2/c17-13-8-12(18)2-1-11(13)7-14-21-22-16(24-14)15(23)20-9-10-3-5-19-6-4-10/h1-6,8H,7,9H2,(H,20,23). The highest BCUT2D eigenvalue weighted by Gasteiger charge is 2.15. The normalized spacial score (nSPS) is 10.6. The Kier molecular flexibility index (Phi) is 4.81. The van der Waals surface area contributed by atoms with E-state index in [2.05, 4.69) is 20.5 Å². The Morgan fingerprint density at radius 3 is 2.75 bits per heavy atom. The number of amides is 1. The van der Waals surface area contributed by atoms with Crippen molar-refractivity contribution in [3.8, 4) is 0 Å². The number of nitrogens with one attached hydrogen (secondary N) is 1. The van der Waals surface area contributed by atoms with E-state index in [1.54, 1.807) is 24.5 Å². The smallest absolute Gasteiger partial charge is 0.309 e. The van der Waals surface area contributed by atoms with Crippen molar-refractivity contribution < 1.29 is 13.6 Å². The van der Waals surface area contributed by atoms with Crippen LogP contribution in [0.3, 0.4) is 0 Å². The number of pyridine rings is 1. The lowest BCUT2D eigenvalue weighted by Crippen LogP contribution is -2.23. The summed E-state index contributed by atoms with van der Waals surface area (Å²) in [5.74, 6) is -0.823. The second-order valence-corrected chi connectivity index (χ2v) is 5.36. The Morgan fingerprint density at radius 2 is 2.00 bits per heavy atom. The van der Waals surface area contributed by atoms with Crippen molar-refractivity contribution in [1.82, 2.24) is 20.5 Å². The van der Waals surface area contributed by atoms with Crippen LogP contribution in [0.5, 0.6) is 0 Å². The van der Waals surface area contributed by atoms with Crippen molar-refractivity contribution in [2.75, 3.05) is 0 Å². The van der Waals surface area contributed by atoms with Gasteiger partial charge in [0.1, 0.15) is 5.82 Å². The van der Waals surface area contributed by atoms with E-state index in [0.29, 0.717) is 12.1 Å². The van der Waals surface area contributed by atoms with Crippen molar-refractivity contribution in [3.05, 3.63) is 76.5 Å². The summed E-state index contributed by atoms with van der Waals surface area (Å²) >= 11 is 5.95. The van der Waals surface area contributed by atoms with E-state index in [0.717, 1.165) is 5.56 Å². The van der Waals surface area contributed by atoms with Gasteiger partial charge >= 0.3 is 11.8 Å². The van der Waals surface area contributed by atoms with Gasteiger partial charge in [0.25, 0.3) is 0 Å². The van der Waals surface area contributed by atoms with E-state index in [4.69, 9.17) is 16.0 Å². The van der Waals surface area contributed by atoms with Gasteiger partial charge in [-0.1, -0.05) is 17.7 Å². The van der Waals surface area contributed by atoms with Crippen molar-refractivity contribution in [2.45, 2.75) is 13.0 Å². The zero-order chi connectivity index (χ0) is 16.9. The van der Waals surface area contributed by atoms with E-state index in [1.165, 1.54) is 18.2 Å².